The maximum atomic E-state index is 12.2. The number of amides is 1. The number of rotatable bonds is 16. The van der Waals surface area contributed by atoms with Crippen LogP contribution in [0.5, 0.6) is 23.0 Å². The summed E-state index contributed by atoms with van der Waals surface area (Å²) in [5.41, 5.74) is 3.67. The lowest BCUT2D eigenvalue weighted by Gasteiger charge is -2.13. The zero-order valence-corrected chi connectivity index (χ0v) is 22.7. The fraction of sp³-hybridized carbons (Fsp3) is 0.333. The largest absolute Gasteiger partial charge is 0.494 e. The van der Waals surface area contributed by atoms with Crippen LogP contribution in [0.25, 0.3) is 0 Å². The minimum absolute atomic E-state index is 0.346. The van der Waals surface area contributed by atoms with Gasteiger partial charge in [-0.3, -0.25) is 4.79 Å². The second-order valence-electron chi connectivity index (χ2n) is 8.43. The Balaban J connectivity index is 1.45. The number of nitrogens with zero attached hydrogens (tertiary/aromatic N) is 1. The molecule has 0 fully saturated rings. The summed E-state index contributed by atoms with van der Waals surface area (Å²) in [6, 6.07) is 19.7. The maximum Gasteiger partial charge on any atom is 0.271 e. The Morgan fingerprint density at radius 1 is 0.816 bits per heavy atom. The van der Waals surface area contributed by atoms with E-state index in [9.17, 15) is 4.79 Å². The lowest BCUT2D eigenvalue weighted by molar-refractivity contribution is 0.0955. The highest BCUT2D eigenvalue weighted by Gasteiger charge is 2.08. The van der Waals surface area contributed by atoms with Crippen molar-refractivity contribution in [3.63, 3.8) is 0 Å². The minimum Gasteiger partial charge on any atom is -0.494 e. The van der Waals surface area contributed by atoms with Crippen molar-refractivity contribution in [3.05, 3.63) is 82.9 Å². The Labute approximate surface area is 229 Å². The molecule has 0 aliphatic carbocycles. The third-order valence-corrected chi connectivity index (χ3v) is 5.67. The summed E-state index contributed by atoms with van der Waals surface area (Å²) in [6.07, 6.45) is 6.27. The first-order valence-electron chi connectivity index (χ1n) is 12.9. The molecule has 3 aromatic carbocycles. The molecular weight excluding hydrogens is 504 g/mol. The predicted molar refractivity (Wildman–Crippen MR) is 151 cm³/mol. The van der Waals surface area contributed by atoms with Crippen LogP contribution in [0, 0.1) is 0 Å². The molecule has 0 aromatic heterocycles. The maximum absolute atomic E-state index is 12.2. The summed E-state index contributed by atoms with van der Waals surface area (Å²) in [6.45, 7) is 6.03. The zero-order valence-electron chi connectivity index (χ0n) is 22.0. The molecule has 3 aromatic rings. The molecule has 0 spiro atoms. The van der Waals surface area contributed by atoms with E-state index in [1.54, 1.807) is 36.4 Å². The molecule has 0 saturated carbocycles. The number of carbonyl (C=O) groups excluding carboxylic acids is 1. The Morgan fingerprint density at radius 3 is 2.26 bits per heavy atom. The van der Waals surface area contributed by atoms with Crippen molar-refractivity contribution in [2.24, 2.45) is 5.10 Å². The van der Waals surface area contributed by atoms with E-state index in [0.29, 0.717) is 41.9 Å². The molecule has 0 aliphatic rings. The van der Waals surface area contributed by atoms with Gasteiger partial charge in [-0.1, -0.05) is 43.9 Å². The van der Waals surface area contributed by atoms with E-state index >= 15 is 0 Å². The van der Waals surface area contributed by atoms with E-state index in [0.717, 1.165) is 30.1 Å². The van der Waals surface area contributed by atoms with Gasteiger partial charge < -0.3 is 18.9 Å². The Hall–Kier alpha value is -3.71. The monoisotopic (exact) mass is 538 g/mol. The fourth-order valence-corrected chi connectivity index (χ4v) is 3.70. The molecule has 1 N–H and O–H groups in total. The summed E-state index contributed by atoms with van der Waals surface area (Å²) < 4.78 is 23.2. The van der Waals surface area contributed by atoms with Crippen LogP contribution in [-0.4, -0.2) is 38.5 Å². The highest BCUT2D eigenvalue weighted by Crippen LogP contribution is 2.28. The number of carbonyl (C=O) groups is 1. The number of ether oxygens (including phenoxy) is 4. The molecule has 0 unspecified atom stereocenters. The molecule has 0 heterocycles. The molecule has 0 saturated heterocycles. The average Bonchev–Trinajstić information content (AvgIpc) is 2.93. The van der Waals surface area contributed by atoms with Gasteiger partial charge in [-0.15, -0.1) is 0 Å². The van der Waals surface area contributed by atoms with Gasteiger partial charge in [-0.05, 0) is 79.6 Å². The third-order valence-electron chi connectivity index (χ3n) is 5.43. The molecule has 8 heteroatoms. The van der Waals surface area contributed by atoms with Crippen molar-refractivity contribution in [1.82, 2.24) is 5.43 Å². The van der Waals surface area contributed by atoms with Gasteiger partial charge in [0.15, 0.2) is 11.5 Å². The van der Waals surface area contributed by atoms with Crippen molar-refractivity contribution in [2.75, 3.05) is 26.4 Å². The summed E-state index contributed by atoms with van der Waals surface area (Å²) in [7, 11) is 0. The fourth-order valence-electron chi connectivity index (χ4n) is 3.51. The van der Waals surface area contributed by atoms with Crippen LogP contribution in [0.3, 0.4) is 0 Å². The molecule has 38 heavy (non-hydrogen) atoms. The van der Waals surface area contributed by atoms with Gasteiger partial charge in [-0.25, -0.2) is 5.43 Å². The van der Waals surface area contributed by atoms with Gasteiger partial charge in [0.05, 0.1) is 19.4 Å². The van der Waals surface area contributed by atoms with Gasteiger partial charge in [0.2, 0.25) is 0 Å². The Bertz CT molecular complexity index is 1170. The van der Waals surface area contributed by atoms with Crippen LogP contribution < -0.4 is 24.4 Å². The molecule has 0 atom stereocenters. The Morgan fingerprint density at radius 2 is 1.55 bits per heavy atom. The van der Waals surface area contributed by atoms with Crippen LogP contribution in [0.1, 0.15) is 55.5 Å². The topological polar surface area (TPSA) is 78.4 Å². The predicted octanol–water partition coefficient (Wildman–Crippen LogP) is 6.92. The van der Waals surface area contributed by atoms with Crippen LogP contribution in [0.2, 0.25) is 5.02 Å². The van der Waals surface area contributed by atoms with Gasteiger partial charge in [0.25, 0.3) is 5.91 Å². The van der Waals surface area contributed by atoms with Gasteiger partial charge >= 0.3 is 0 Å². The number of hydrazone groups is 1. The SMILES string of the molecule is CCCCCCOc1ccc(OCCOc2ccc(/C=N/NC(=O)c3cccc(Cl)c3)cc2OCC)cc1. The number of unbranched alkanes of at least 4 members (excludes halogenated alkanes) is 3. The van der Waals surface area contributed by atoms with Crippen LogP contribution >= 0.6 is 11.6 Å². The van der Waals surface area contributed by atoms with E-state index in [1.807, 2.05) is 37.3 Å². The van der Waals surface area contributed by atoms with E-state index in [-0.39, 0.29) is 5.91 Å². The van der Waals surface area contributed by atoms with Gasteiger partial charge in [0.1, 0.15) is 24.7 Å². The summed E-state index contributed by atoms with van der Waals surface area (Å²) >= 11 is 5.93. The van der Waals surface area contributed by atoms with E-state index in [4.69, 9.17) is 30.5 Å². The number of hydrogen-bond donors (Lipinski definition) is 1. The normalized spacial score (nSPS) is 10.8. The standard InChI is InChI=1S/C30H35ClN2O5/c1-3-5-6-7-17-36-26-12-14-27(15-13-26)37-18-19-38-28-16-11-23(20-29(28)35-4-2)22-32-33-30(34)24-9-8-10-25(31)21-24/h8-16,20-22H,3-7,17-19H2,1-2H3,(H,33,34)/b32-22+. The van der Waals surface area contributed by atoms with Gasteiger partial charge in [-0.2, -0.15) is 5.10 Å². The number of benzene rings is 3. The van der Waals surface area contributed by atoms with Crippen molar-refractivity contribution in [1.29, 1.82) is 0 Å². The molecular formula is C30H35ClN2O5. The van der Waals surface area contributed by atoms with Crippen LogP contribution in [0.4, 0.5) is 0 Å². The van der Waals surface area contributed by atoms with Gasteiger partial charge in [0, 0.05) is 10.6 Å². The molecule has 0 radical (unpaired) electrons. The zero-order chi connectivity index (χ0) is 27.0. The first kappa shape index (κ1) is 28.9. The number of nitrogens with one attached hydrogen (secondary N) is 1. The summed E-state index contributed by atoms with van der Waals surface area (Å²) in [4.78, 5) is 12.2. The van der Waals surface area contributed by atoms with Crippen molar-refractivity contribution < 1.29 is 23.7 Å². The van der Waals surface area contributed by atoms with Crippen molar-refractivity contribution >= 4 is 23.7 Å². The molecule has 1 amide bonds. The number of halogens is 1. The lowest BCUT2D eigenvalue weighted by atomic mass is 10.2. The summed E-state index contributed by atoms with van der Waals surface area (Å²) in [5.74, 6) is 2.43. The van der Waals surface area contributed by atoms with E-state index in [1.165, 1.54) is 25.5 Å². The van der Waals surface area contributed by atoms with Crippen molar-refractivity contribution in [2.45, 2.75) is 39.5 Å². The first-order valence-corrected chi connectivity index (χ1v) is 13.3. The minimum atomic E-state index is -0.349. The van der Waals surface area contributed by atoms with Crippen LogP contribution in [0.15, 0.2) is 71.8 Å². The molecule has 0 bridgehead atoms. The highest BCUT2D eigenvalue weighted by atomic mass is 35.5. The first-order chi connectivity index (χ1) is 18.6. The molecule has 7 nitrogen and oxygen atoms in total. The third kappa shape index (κ3) is 9.98. The summed E-state index contributed by atoms with van der Waals surface area (Å²) in [5, 5.41) is 4.51. The molecule has 3 rings (SSSR count). The lowest BCUT2D eigenvalue weighted by Crippen LogP contribution is -2.17. The quantitative estimate of drug-likeness (QED) is 0.122. The van der Waals surface area contributed by atoms with E-state index < -0.39 is 0 Å². The number of hydrogen-bond acceptors (Lipinski definition) is 6. The van der Waals surface area contributed by atoms with E-state index in [2.05, 4.69) is 17.5 Å². The molecule has 0 aliphatic heterocycles. The highest BCUT2D eigenvalue weighted by molar-refractivity contribution is 6.30. The molecule has 202 valence electrons. The average molecular weight is 539 g/mol. The smallest absolute Gasteiger partial charge is 0.271 e. The van der Waals surface area contributed by atoms with Crippen LogP contribution in [-0.2, 0) is 0 Å². The van der Waals surface area contributed by atoms with Crippen molar-refractivity contribution in [3.8, 4) is 23.0 Å². The second kappa shape index (κ2) is 16.2. The second-order valence-corrected chi connectivity index (χ2v) is 8.86. The Kier molecular flexibility index (Phi) is 12.3.